The van der Waals surface area contributed by atoms with Crippen LogP contribution in [0.25, 0.3) is 11.1 Å². The van der Waals surface area contributed by atoms with E-state index in [4.69, 9.17) is 0 Å². The molecule has 0 bridgehead atoms. The van der Waals surface area contributed by atoms with Gasteiger partial charge in [-0.25, -0.2) is 0 Å². The maximum Gasteiger partial charge on any atom is -0.00271 e. The van der Waals surface area contributed by atoms with Crippen LogP contribution >= 0.6 is 0 Å². The molecule has 0 aliphatic heterocycles. The van der Waals surface area contributed by atoms with Gasteiger partial charge in [0.1, 0.15) is 0 Å². The van der Waals surface area contributed by atoms with Crippen LogP contribution < -0.4 is 0 Å². The molecule has 0 unspecified atom stereocenters. The molecule has 0 spiro atoms. The summed E-state index contributed by atoms with van der Waals surface area (Å²) in [5.74, 6) is 0. The van der Waals surface area contributed by atoms with E-state index in [-0.39, 0.29) is 0 Å². The van der Waals surface area contributed by atoms with Gasteiger partial charge in [0.05, 0.1) is 0 Å². The maximum absolute atomic E-state index is 3.93. The molecule has 0 atom stereocenters. The zero-order valence-corrected chi connectivity index (χ0v) is 20.5. The van der Waals surface area contributed by atoms with Gasteiger partial charge in [-0.2, -0.15) is 0 Å². The van der Waals surface area contributed by atoms with E-state index >= 15 is 0 Å². The van der Waals surface area contributed by atoms with Gasteiger partial charge in [-0.05, 0) is 54.2 Å². The molecule has 0 N–H and O–H groups in total. The molecular weight excluding hydrogens is 372 g/mol. The van der Waals surface area contributed by atoms with Crippen molar-refractivity contribution in [3.63, 3.8) is 0 Å². The van der Waals surface area contributed by atoms with Gasteiger partial charge < -0.3 is 0 Å². The summed E-state index contributed by atoms with van der Waals surface area (Å²) < 4.78 is 0. The Morgan fingerprint density at radius 2 is 1.00 bits per heavy atom. The molecule has 0 aromatic heterocycles. The van der Waals surface area contributed by atoms with Gasteiger partial charge in [-0.1, -0.05) is 137 Å². The summed E-state index contributed by atoms with van der Waals surface area (Å²) in [6, 6.07) is 21.1. The van der Waals surface area contributed by atoms with Crippen molar-refractivity contribution in [2.24, 2.45) is 0 Å². The fraction of sp³-hybridized carbons (Fsp3) is 0.226. The summed E-state index contributed by atoms with van der Waals surface area (Å²) in [6.07, 6.45) is 14.6. The Morgan fingerprint density at radius 1 is 0.613 bits per heavy atom. The standard InChI is InChI=1S/C27H28.2C2H6/c1-5-15-22(8-4)26(24-18-11-9-12-19-24)27(23(16-6-2)17-7-3)25-20-13-10-14-21-25;2*1-2/h5-21H,2H2,1,3-4H3;2*1-2H3/b15-5-,17-7-,22-8+,23-16+,27-26+;;. The third-order valence-electron chi connectivity index (χ3n) is 4.25. The highest BCUT2D eigenvalue weighted by molar-refractivity contribution is 6.06. The van der Waals surface area contributed by atoms with E-state index in [2.05, 4.69) is 118 Å². The van der Waals surface area contributed by atoms with Gasteiger partial charge in [-0.15, -0.1) is 0 Å². The highest BCUT2D eigenvalue weighted by atomic mass is 14.2. The Morgan fingerprint density at radius 3 is 1.35 bits per heavy atom. The number of hydrogen-bond acceptors (Lipinski definition) is 0. The van der Waals surface area contributed by atoms with Gasteiger partial charge >= 0.3 is 0 Å². The molecule has 0 radical (unpaired) electrons. The van der Waals surface area contributed by atoms with Crippen LogP contribution in [0, 0.1) is 0 Å². The van der Waals surface area contributed by atoms with Crippen molar-refractivity contribution < 1.29 is 0 Å². The van der Waals surface area contributed by atoms with Crippen molar-refractivity contribution in [1.82, 2.24) is 0 Å². The highest BCUT2D eigenvalue weighted by Gasteiger charge is 2.16. The van der Waals surface area contributed by atoms with E-state index in [1.54, 1.807) is 0 Å². The van der Waals surface area contributed by atoms with Crippen LogP contribution in [0.4, 0.5) is 0 Å². The molecular formula is C31H40. The van der Waals surface area contributed by atoms with E-state index in [9.17, 15) is 0 Å². The van der Waals surface area contributed by atoms with Gasteiger partial charge in [-0.3, -0.25) is 0 Å². The topological polar surface area (TPSA) is 0 Å². The summed E-state index contributed by atoms with van der Waals surface area (Å²) in [4.78, 5) is 0. The molecule has 2 rings (SSSR count). The average Bonchev–Trinajstić information content (AvgIpc) is 2.85. The number of allylic oxidation sites excluding steroid dienone is 11. The normalized spacial score (nSPS) is 12.5. The second-order valence-corrected chi connectivity index (χ2v) is 6.08. The van der Waals surface area contributed by atoms with E-state index in [0.717, 1.165) is 5.57 Å². The van der Waals surface area contributed by atoms with E-state index < -0.39 is 0 Å². The second kappa shape index (κ2) is 17.7. The first-order chi connectivity index (χ1) is 15.3. The van der Waals surface area contributed by atoms with Crippen LogP contribution in [0.3, 0.4) is 0 Å². The van der Waals surface area contributed by atoms with Crippen LogP contribution in [-0.4, -0.2) is 0 Å². The van der Waals surface area contributed by atoms with E-state index in [1.165, 1.54) is 27.8 Å². The van der Waals surface area contributed by atoms with Crippen LogP contribution in [0.1, 0.15) is 59.6 Å². The lowest BCUT2D eigenvalue weighted by Crippen LogP contribution is -1.98. The lowest BCUT2D eigenvalue weighted by Gasteiger charge is -2.19. The Balaban J connectivity index is 0.00000212. The highest BCUT2D eigenvalue weighted by Crippen LogP contribution is 2.38. The summed E-state index contributed by atoms with van der Waals surface area (Å²) in [6.45, 7) is 18.1. The first-order valence-electron chi connectivity index (χ1n) is 11.4. The predicted octanol–water partition coefficient (Wildman–Crippen LogP) is 9.86. The number of benzene rings is 2. The molecule has 0 saturated carbocycles. The summed E-state index contributed by atoms with van der Waals surface area (Å²) in [7, 11) is 0. The fourth-order valence-corrected chi connectivity index (χ4v) is 3.15. The van der Waals surface area contributed by atoms with Crippen molar-refractivity contribution in [3.05, 3.63) is 132 Å². The minimum atomic E-state index is 1.14. The summed E-state index contributed by atoms with van der Waals surface area (Å²) >= 11 is 0. The predicted molar refractivity (Wildman–Crippen MR) is 144 cm³/mol. The lowest BCUT2D eigenvalue weighted by atomic mass is 9.84. The van der Waals surface area contributed by atoms with E-state index in [1.807, 2.05) is 40.7 Å². The van der Waals surface area contributed by atoms with Gasteiger partial charge in [0, 0.05) is 0 Å². The minimum absolute atomic E-state index is 1.14. The van der Waals surface area contributed by atoms with Crippen molar-refractivity contribution in [2.75, 3.05) is 0 Å². The third kappa shape index (κ3) is 8.64. The number of rotatable bonds is 7. The Kier molecular flexibility index (Phi) is 15.9. The Bertz CT molecular complexity index is 886. The smallest absolute Gasteiger partial charge is 0.00271 e. The molecule has 164 valence electrons. The number of hydrogen-bond donors (Lipinski definition) is 0. The molecule has 0 heteroatoms. The van der Waals surface area contributed by atoms with Crippen molar-refractivity contribution in [2.45, 2.75) is 48.5 Å². The van der Waals surface area contributed by atoms with E-state index in [0.29, 0.717) is 0 Å². The van der Waals surface area contributed by atoms with Gasteiger partial charge in [0.15, 0.2) is 0 Å². The fourth-order valence-electron chi connectivity index (χ4n) is 3.15. The lowest BCUT2D eigenvalue weighted by molar-refractivity contribution is 1.50. The zero-order chi connectivity index (χ0) is 23.5. The first-order valence-corrected chi connectivity index (χ1v) is 11.4. The molecule has 0 saturated heterocycles. The van der Waals surface area contributed by atoms with Crippen LogP contribution in [-0.2, 0) is 0 Å². The molecule has 31 heavy (non-hydrogen) atoms. The molecule has 0 fully saturated rings. The van der Waals surface area contributed by atoms with Crippen LogP contribution in [0.5, 0.6) is 0 Å². The van der Waals surface area contributed by atoms with Crippen LogP contribution in [0.15, 0.2) is 121 Å². The molecule has 0 amide bonds. The van der Waals surface area contributed by atoms with Crippen molar-refractivity contribution in [1.29, 1.82) is 0 Å². The SMILES string of the molecule is C=C/C=C(\C=C/C)C(=C(C(/C=C\C)=C/C)\c1ccccc1)/c1ccccc1.CC.CC. The first kappa shape index (κ1) is 27.9. The van der Waals surface area contributed by atoms with Crippen molar-refractivity contribution >= 4 is 11.1 Å². The molecule has 2 aromatic carbocycles. The largest absolute Gasteiger partial charge is 0.0990 e. The molecule has 0 aliphatic carbocycles. The van der Waals surface area contributed by atoms with Crippen molar-refractivity contribution in [3.8, 4) is 0 Å². The van der Waals surface area contributed by atoms with Crippen LogP contribution in [0.2, 0.25) is 0 Å². The average molecular weight is 413 g/mol. The minimum Gasteiger partial charge on any atom is -0.0990 e. The van der Waals surface area contributed by atoms with Gasteiger partial charge in [0.2, 0.25) is 0 Å². The van der Waals surface area contributed by atoms with Gasteiger partial charge in [0.25, 0.3) is 0 Å². The Hall–Kier alpha value is -3.12. The zero-order valence-electron chi connectivity index (χ0n) is 20.5. The molecule has 0 nitrogen and oxygen atoms in total. The monoisotopic (exact) mass is 412 g/mol. The third-order valence-corrected chi connectivity index (χ3v) is 4.25. The summed E-state index contributed by atoms with van der Waals surface area (Å²) in [5, 5.41) is 0. The molecule has 2 aromatic rings. The quantitative estimate of drug-likeness (QED) is 0.313. The Labute approximate surface area is 191 Å². The summed E-state index contributed by atoms with van der Waals surface area (Å²) in [5.41, 5.74) is 7.14. The second-order valence-electron chi connectivity index (χ2n) is 6.08. The molecule has 0 heterocycles. The molecule has 0 aliphatic rings. The maximum atomic E-state index is 3.93.